The minimum atomic E-state index is -0.243. The van der Waals surface area contributed by atoms with Crippen molar-refractivity contribution in [3.8, 4) is 5.75 Å². The average Bonchev–Trinajstić information content (AvgIpc) is 2.91. The number of ether oxygens (including phenoxy) is 1. The van der Waals surface area contributed by atoms with Gasteiger partial charge in [-0.2, -0.15) is 0 Å². The second-order valence-electron chi connectivity index (χ2n) is 4.84. The lowest BCUT2D eigenvalue weighted by molar-refractivity contribution is -0.123. The number of aromatic amines is 2. The van der Waals surface area contributed by atoms with E-state index in [0.29, 0.717) is 12.3 Å². The number of hydrogen-bond donors (Lipinski definition) is 3. The highest BCUT2D eigenvalue weighted by atomic mass is 16.5. The van der Waals surface area contributed by atoms with Gasteiger partial charge in [0.15, 0.2) is 6.61 Å². The van der Waals surface area contributed by atoms with Crippen LogP contribution in [-0.2, 0) is 11.3 Å². The van der Waals surface area contributed by atoms with Crippen LogP contribution in [0.3, 0.4) is 0 Å². The summed E-state index contributed by atoms with van der Waals surface area (Å²) < 4.78 is 5.37. The molecule has 112 valence electrons. The molecule has 0 unspecified atom stereocenters. The van der Waals surface area contributed by atoms with Crippen LogP contribution in [0.1, 0.15) is 5.56 Å². The van der Waals surface area contributed by atoms with E-state index in [1.807, 2.05) is 30.3 Å². The van der Waals surface area contributed by atoms with Gasteiger partial charge in [-0.3, -0.25) is 4.79 Å². The number of carbonyl (C=O) groups excluding carboxylic acids is 1. The molecule has 0 aliphatic rings. The second kappa shape index (κ2) is 6.17. The van der Waals surface area contributed by atoms with Crippen molar-refractivity contribution in [3.05, 3.63) is 64.6 Å². The lowest BCUT2D eigenvalue weighted by Gasteiger charge is -2.07. The molecule has 1 amide bonds. The molecule has 0 atom stereocenters. The largest absolute Gasteiger partial charge is 0.484 e. The number of amides is 1. The SMILES string of the molecule is O=C(COc1ccccc1)NCc1ccc2[nH]c(=O)[nH]c2c1. The zero-order chi connectivity index (χ0) is 15.4. The maximum Gasteiger partial charge on any atom is 0.323 e. The van der Waals surface area contributed by atoms with E-state index in [-0.39, 0.29) is 18.2 Å². The Labute approximate surface area is 126 Å². The van der Waals surface area contributed by atoms with E-state index in [4.69, 9.17) is 4.74 Å². The number of benzene rings is 2. The standard InChI is InChI=1S/C16H15N3O3/c20-15(10-22-12-4-2-1-3-5-12)17-9-11-6-7-13-14(8-11)19-16(21)18-13/h1-8H,9-10H2,(H,17,20)(H2,18,19,21). The van der Waals surface area contributed by atoms with Gasteiger partial charge in [-0.15, -0.1) is 0 Å². The van der Waals surface area contributed by atoms with Gasteiger partial charge >= 0.3 is 5.69 Å². The Morgan fingerprint density at radius 2 is 1.82 bits per heavy atom. The van der Waals surface area contributed by atoms with Gasteiger partial charge in [-0.25, -0.2) is 4.79 Å². The summed E-state index contributed by atoms with van der Waals surface area (Å²) in [6.07, 6.45) is 0. The maximum atomic E-state index is 11.8. The quantitative estimate of drug-likeness (QED) is 0.668. The third-order valence-electron chi connectivity index (χ3n) is 3.18. The molecule has 0 spiro atoms. The van der Waals surface area contributed by atoms with E-state index in [1.165, 1.54) is 0 Å². The zero-order valence-corrected chi connectivity index (χ0v) is 11.8. The lowest BCUT2D eigenvalue weighted by Crippen LogP contribution is -2.28. The molecule has 3 rings (SSSR count). The van der Waals surface area contributed by atoms with Crippen LogP contribution in [-0.4, -0.2) is 22.5 Å². The first-order chi connectivity index (χ1) is 10.7. The predicted molar refractivity (Wildman–Crippen MR) is 82.7 cm³/mol. The molecule has 3 aromatic rings. The first-order valence-electron chi connectivity index (χ1n) is 6.86. The Bertz CT molecular complexity index is 836. The van der Waals surface area contributed by atoms with Crippen LogP contribution in [0.25, 0.3) is 11.0 Å². The zero-order valence-electron chi connectivity index (χ0n) is 11.8. The van der Waals surface area contributed by atoms with Crippen molar-refractivity contribution in [3.63, 3.8) is 0 Å². The van der Waals surface area contributed by atoms with Crippen LogP contribution in [0, 0.1) is 0 Å². The highest BCUT2D eigenvalue weighted by Crippen LogP contribution is 2.10. The van der Waals surface area contributed by atoms with Crippen molar-refractivity contribution in [2.45, 2.75) is 6.54 Å². The van der Waals surface area contributed by atoms with Crippen molar-refractivity contribution in [2.24, 2.45) is 0 Å². The summed E-state index contributed by atoms with van der Waals surface area (Å²) in [5, 5.41) is 2.77. The summed E-state index contributed by atoms with van der Waals surface area (Å²) >= 11 is 0. The van der Waals surface area contributed by atoms with E-state index >= 15 is 0 Å². The summed E-state index contributed by atoms with van der Waals surface area (Å²) in [5.74, 6) is 0.454. The highest BCUT2D eigenvalue weighted by Gasteiger charge is 2.04. The van der Waals surface area contributed by atoms with Crippen LogP contribution in [0.2, 0.25) is 0 Å². The Morgan fingerprint density at radius 3 is 2.64 bits per heavy atom. The van der Waals surface area contributed by atoms with Gasteiger partial charge in [0.05, 0.1) is 11.0 Å². The number of H-pyrrole nitrogens is 2. The maximum absolute atomic E-state index is 11.8. The molecule has 0 saturated carbocycles. The molecule has 6 heteroatoms. The molecule has 1 heterocycles. The fourth-order valence-electron chi connectivity index (χ4n) is 2.11. The number of imidazole rings is 1. The topological polar surface area (TPSA) is 87.0 Å². The smallest absolute Gasteiger partial charge is 0.323 e. The van der Waals surface area contributed by atoms with E-state index in [9.17, 15) is 9.59 Å². The number of fused-ring (bicyclic) bond motifs is 1. The van der Waals surface area contributed by atoms with Crippen LogP contribution in [0.5, 0.6) is 5.75 Å². The molecular formula is C16H15N3O3. The Morgan fingerprint density at radius 1 is 1.05 bits per heavy atom. The lowest BCUT2D eigenvalue weighted by atomic mass is 10.2. The van der Waals surface area contributed by atoms with E-state index in [2.05, 4.69) is 15.3 Å². The van der Waals surface area contributed by atoms with Gasteiger partial charge in [0.25, 0.3) is 5.91 Å². The van der Waals surface area contributed by atoms with Crippen LogP contribution >= 0.6 is 0 Å². The summed E-state index contributed by atoms with van der Waals surface area (Å²) in [6, 6.07) is 14.6. The summed E-state index contributed by atoms with van der Waals surface area (Å²) in [7, 11) is 0. The molecule has 0 radical (unpaired) electrons. The summed E-state index contributed by atoms with van der Waals surface area (Å²) in [6.45, 7) is 0.341. The molecule has 0 aliphatic carbocycles. The Balaban J connectivity index is 1.54. The molecule has 1 aromatic heterocycles. The van der Waals surface area contributed by atoms with Crippen molar-refractivity contribution in [2.75, 3.05) is 6.61 Å². The van der Waals surface area contributed by atoms with E-state index < -0.39 is 0 Å². The van der Waals surface area contributed by atoms with Crippen LogP contribution in [0.4, 0.5) is 0 Å². The number of carbonyl (C=O) groups is 1. The second-order valence-corrected chi connectivity index (χ2v) is 4.84. The number of rotatable bonds is 5. The third kappa shape index (κ3) is 3.35. The molecule has 2 aromatic carbocycles. The van der Waals surface area contributed by atoms with E-state index in [0.717, 1.165) is 16.6 Å². The fourth-order valence-corrected chi connectivity index (χ4v) is 2.11. The third-order valence-corrected chi connectivity index (χ3v) is 3.18. The predicted octanol–water partition coefficient (Wildman–Crippen LogP) is 1.55. The van der Waals surface area contributed by atoms with Crippen molar-refractivity contribution in [1.82, 2.24) is 15.3 Å². The van der Waals surface area contributed by atoms with Crippen LogP contribution in [0.15, 0.2) is 53.3 Å². The number of hydrogen-bond acceptors (Lipinski definition) is 3. The molecule has 0 bridgehead atoms. The normalized spacial score (nSPS) is 10.5. The van der Waals surface area contributed by atoms with Gasteiger partial charge in [0, 0.05) is 6.54 Å². The summed E-state index contributed by atoms with van der Waals surface area (Å²) in [5.41, 5.74) is 2.12. The highest BCUT2D eigenvalue weighted by molar-refractivity contribution is 5.78. The van der Waals surface area contributed by atoms with Gasteiger partial charge in [0.2, 0.25) is 0 Å². The minimum Gasteiger partial charge on any atom is -0.484 e. The molecule has 0 fully saturated rings. The van der Waals surface area contributed by atoms with Gasteiger partial charge in [0.1, 0.15) is 5.75 Å². The molecular weight excluding hydrogens is 282 g/mol. The molecule has 6 nitrogen and oxygen atoms in total. The van der Waals surface area contributed by atoms with Gasteiger partial charge in [-0.1, -0.05) is 24.3 Å². The number of nitrogens with one attached hydrogen (secondary N) is 3. The molecule has 0 aliphatic heterocycles. The molecule has 22 heavy (non-hydrogen) atoms. The van der Waals surface area contributed by atoms with Gasteiger partial charge in [-0.05, 0) is 29.8 Å². The molecule has 0 saturated heterocycles. The number of aromatic nitrogens is 2. The summed E-state index contributed by atoms with van der Waals surface area (Å²) in [4.78, 5) is 28.3. The Kier molecular flexibility index (Phi) is 3.91. The van der Waals surface area contributed by atoms with Crippen molar-refractivity contribution < 1.29 is 9.53 Å². The van der Waals surface area contributed by atoms with Crippen molar-refractivity contribution >= 4 is 16.9 Å². The fraction of sp³-hybridized carbons (Fsp3) is 0.125. The first-order valence-corrected chi connectivity index (χ1v) is 6.86. The average molecular weight is 297 g/mol. The Hall–Kier alpha value is -3.02. The first kappa shape index (κ1) is 13.9. The van der Waals surface area contributed by atoms with Crippen LogP contribution < -0.4 is 15.7 Å². The minimum absolute atomic E-state index is 0.0345. The van der Waals surface area contributed by atoms with Crippen molar-refractivity contribution in [1.29, 1.82) is 0 Å². The van der Waals surface area contributed by atoms with Gasteiger partial charge < -0.3 is 20.0 Å². The number of para-hydroxylation sites is 1. The molecule has 3 N–H and O–H groups in total. The van der Waals surface area contributed by atoms with E-state index in [1.54, 1.807) is 18.2 Å². The monoisotopic (exact) mass is 297 g/mol.